The van der Waals surface area contributed by atoms with Gasteiger partial charge in [0, 0.05) is 27.2 Å². The summed E-state index contributed by atoms with van der Waals surface area (Å²) in [4.78, 5) is 11.0. The summed E-state index contributed by atoms with van der Waals surface area (Å²) in [6.07, 6.45) is 2.01. The number of aliphatic carboxylic acids is 1. The smallest absolute Gasteiger partial charge is 0.307 e. The Morgan fingerprint density at radius 1 is 1.10 bits per heavy atom. The van der Waals surface area contributed by atoms with Crippen LogP contribution in [0.4, 0.5) is 0 Å². The van der Waals surface area contributed by atoms with Gasteiger partial charge in [0.1, 0.15) is 0 Å². The van der Waals surface area contributed by atoms with Gasteiger partial charge in [-0.3, -0.25) is 4.79 Å². The first-order chi connectivity index (χ1) is 10.1. The fourth-order valence-corrected chi connectivity index (χ4v) is 2.90. The van der Waals surface area contributed by atoms with Crippen molar-refractivity contribution in [3.63, 3.8) is 0 Å². The summed E-state index contributed by atoms with van der Waals surface area (Å²) < 4.78 is 3.33. The molecular weight excluding hydrogens is 377 g/mol. The van der Waals surface area contributed by atoms with Crippen molar-refractivity contribution in [1.82, 2.24) is 4.57 Å². The number of nitrogens with zero attached hydrogens (tertiary/aromatic N) is 1. The Hall–Kier alpha value is -1.82. The number of hydrogen-bond acceptors (Lipinski definition) is 1. The van der Waals surface area contributed by atoms with E-state index < -0.39 is 5.97 Å². The van der Waals surface area contributed by atoms with Gasteiger partial charge in [-0.05, 0) is 51.9 Å². The molecule has 3 nitrogen and oxygen atoms in total. The molecule has 21 heavy (non-hydrogen) atoms. The van der Waals surface area contributed by atoms with E-state index in [2.05, 4.69) is 51.4 Å². The van der Waals surface area contributed by atoms with E-state index in [9.17, 15) is 4.79 Å². The van der Waals surface area contributed by atoms with E-state index in [-0.39, 0.29) is 6.42 Å². The van der Waals surface area contributed by atoms with Crippen molar-refractivity contribution < 1.29 is 9.90 Å². The molecule has 0 amide bonds. The minimum absolute atomic E-state index is 0.0558. The maximum absolute atomic E-state index is 11.0. The van der Waals surface area contributed by atoms with E-state index >= 15 is 0 Å². The number of aromatic nitrogens is 1. The van der Waals surface area contributed by atoms with Gasteiger partial charge in [0.15, 0.2) is 0 Å². The van der Waals surface area contributed by atoms with Crippen molar-refractivity contribution in [3.05, 3.63) is 69.4 Å². The van der Waals surface area contributed by atoms with Gasteiger partial charge >= 0.3 is 5.97 Å². The van der Waals surface area contributed by atoms with E-state index in [0.29, 0.717) is 0 Å². The number of rotatable bonds is 4. The molecule has 0 saturated heterocycles. The first kappa shape index (κ1) is 14.1. The van der Waals surface area contributed by atoms with Crippen LogP contribution in [0.15, 0.2) is 54.7 Å². The summed E-state index contributed by atoms with van der Waals surface area (Å²) in [6, 6.07) is 16.3. The van der Waals surface area contributed by atoms with Gasteiger partial charge < -0.3 is 9.67 Å². The Kier molecular flexibility index (Phi) is 3.96. The summed E-state index contributed by atoms with van der Waals surface area (Å²) in [5.74, 6) is -0.799. The summed E-state index contributed by atoms with van der Waals surface area (Å²) in [7, 11) is 0. The zero-order chi connectivity index (χ0) is 14.8. The van der Waals surface area contributed by atoms with Crippen LogP contribution in [0.5, 0.6) is 0 Å². The van der Waals surface area contributed by atoms with Crippen molar-refractivity contribution in [2.75, 3.05) is 0 Å². The van der Waals surface area contributed by atoms with Crippen LogP contribution < -0.4 is 0 Å². The number of hydrogen-bond donors (Lipinski definition) is 1. The molecule has 0 atom stereocenters. The highest BCUT2D eigenvalue weighted by molar-refractivity contribution is 14.1. The summed E-state index contributed by atoms with van der Waals surface area (Å²) in [6.45, 7) is 0.747. The predicted molar refractivity (Wildman–Crippen MR) is 91.5 cm³/mol. The Balaban J connectivity index is 2.01. The van der Waals surface area contributed by atoms with E-state index in [0.717, 1.165) is 23.0 Å². The molecule has 0 unspecified atom stereocenters. The highest BCUT2D eigenvalue weighted by Crippen LogP contribution is 2.23. The molecule has 0 aliphatic carbocycles. The van der Waals surface area contributed by atoms with E-state index in [1.165, 1.54) is 9.13 Å². The number of benzene rings is 2. The predicted octanol–water partition coefficient (Wildman–Crippen LogP) is 3.92. The fraction of sp³-hybridized carbons (Fsp3) is 0.118. The molecule has 0 bridgehead atoms. The van der Waals surface area contributed by atoms with E-state index in [1.54, 1.807) is 0 Å². The van der Waals surface area contributed by atoms with E-state index in [1.807, 2.05) is 30.5 Å². The maximum Gasteiger partial charge on any atom is 0.307 e. The van der Waals surface area contributed by atoms with Crippen molar-refractivity contribution in [2.45, 2.75) is 13.0 Å². The number of halogens is 1. The Morgan fingerprint density at radius 3 is 2.52 bits per heavy atom. The zero-order valence-electron chi connectivity index (χ0n) is 11.3. The van der Waals surface area contributed by atoms with Gasteiger partial charge in [0.2, 0.25) is 0 Å². The highest BCUT2D eigenvalue weighted by Gasteiger charge is 2.11. The maximum atomic E-state index is 11.0. The average molecular weight is 391 g/mol. The molecule has 0 aliphatic rings. The van der Waals surface area contributed by atoms with Crippen molar-refractivity contribution in [3.8, 4) is 0 Å². The molecule has 1 N–H and O–H groups in total. The second kappa shape index (κ2) is 5.89. The Labute approximate surface area is 136 Å². The van der Waals surface area contributed by atoms with Crippen LogP contribution in [-0.4, -0.2) is 15.6 Å². The number of carboxylic acid groups (broad SMARTS) is 1. The van der Waals surface area contributed by atoms with Crippen LogP contribution in [0.25, 0.3) is 10.9 Å². The summed E-state index contributed by atoms with van der Waals surface area (Å²) >= 11 is 2.29. The normalized spacial score (nSPS) is 10.9. The van der Waals surface area contributed by atoms with Crippen LogP contribution >= 0.6 is 22.6 Å². The van der Waals surface area contributed by atoms with Crippen LogP contribution in [-0.2, 0) is 17.8 Å². The number of fused-ring (bicyclic) bond motifs is 1. The summed E-state index contributed by atoms with van der Waals surface area (Å²) in [5, 5.41) is 10.1. The van der Waals surface area contributed by atoms with Crippen molar-refractivity contribution in [2.24, 2.45) is 0 Å². The molecule has 1 aromatic heterocycles. The number of para-hydroxylation sites is 1. The third-order valence-electron chi connectivity index (χ3n) is 3.48. The van der Waals surface area contributed by atoms with E-state index in [4.69, 9.17) is 5.11 Å². The zero-order valence-corrected chi connectivity index (χ0v) is 13.4. The molecule has 2 aromatic carbocycles. The fourth-order valence-electron chi connectivity index (χ4n) is 2.54. The number of carboxylic acids is 1. The summed E-state index contributed by atoms with van der Waals surface area (Å²) in [5.41, 5.74) is 3.15. The molecule has 3 rings (SSSR count). The minimum atomic E-state index is -0.799. The first-order valence-electron chi connectivity index (χ1n) is 6.66. The molecule has 106 valence electrons. The largest absolute Gasteiger partial charge is 0.481 e. The van der Waals surface area contributed by atoms with Crippen LogP contribution in [0, 0.1) is 3.57 Å². The second-order valence-corrected chi connectivity index (χ2v) is 6.24. The second-order valence-electron chi connectivity index (χ2n) is 5.00. The van der Waals surface area contributed by atoms with Crippen molar-refractivity contribution >= 4 is 39.5 Å². The molecule has 3 aromatic rings. The third-order valence-corrected chi connectivity index (χ3v) is 4.20. The van der Waals surface area contributed by atoms with Gasteiger partial charge in [-0.25, -0.2) is 0 Å². The molecule has 0 saturated carbocycles. The lowest BCUT2D eigenvalue weighted by Crippen LogP contribution is -2.00. The lowest BCUT2D eigenvalue weighted by Gasteiger charge is -2.05. The quantitative estimate of drug-likeness (QED) is 0.686. The molecule has 4 heteroatoms. The molecule has 0 fully saturated rings. The average Bonchev–Trinajstić information content (AvgIpc) is 2.79. The number of carbonyl (C=O) groups is 1. The Bertz CT molecular complexity index is 790. The minimum Gasteiger partial charge on any atom is -0.481 e. The third kappa shape index (κ3) is 3.10. The van der Waals surface area contributed by atoms with Gasteiger partial charge in [0.25, 0.3) is 0 Å². The standard InChI is InChI=1S/C17H14INO2/c18-14-7-5-12(6-8-14)10-19-11-13(9-17(20)21)15-3-1-2-4-16(15)19/h1-8,11H,9-10H2,(H,20,21). The van der Waals surface area contributed by atoms with Gasteiger partial charge in [-0.2, -0.15) is 0 Å². The lowest BCUT2D eigenvalue weighted by molar-refractivity contribution is -0.136. The first-order valence-corrected chi connectivity index (χ1v) is 7.74. The SMILES string of the molecule is O=C(O)Cc1cn(Cc2ccc(I)cc2)c2ccccc12. The Morgan fingerprint density at radius 2 is 1.81 bits per heavy atom. The molecule has 1 heterocycles. The molecular formula is C17H14INO2. The van der Waals surface area contributed by atoms with Crippen LogP contribution in [0.2, 0.25) is 0 Å². The molecule has 0 aliphatic heterocycles. The van der Waals surface area contributed by atoms with Gasteiger partial charge in [0.05, 0.1) is 6.42 Å². The lowest BCUT2D eigenvalue weighted by atomic mass is 10.1. The molecule has 0 spiro atoms. The van der Waals surface area contributed by atoms with Crippen LogP contribution in [0.3, 0.4) is 0 Å². The van der Waals surface area contributed by atoms with Crippen molar-refractivity contribution in [1.29, 1.82) is 0 Å². The topological polar surface area (TPSA) is 42.2 Å². The molecule has 0 radical (unpaired) electrons. The van der Waals surface area contributed by atoms with Gasteiger partial charge in [-0.1, -0.05) is 30.3 Å². The monoisotopic (exact) mass is 391 g/mol. The highest BCUT2D eigenvalue weighted by atomic mass is 127. The van der Waals surface area contributed by atoms with Crippen LogP contribution in [0.1, 0.15) is 11.1 Å². The van der Waals surface area contributed by atoms with Gasteiger partial charge in [-0.15, -0.1) is 0 Å².